The minimum absolute atomic E-state index is 0.121. The lowest BCUT2D eigenvalue weighted by atomic mass is 10.0. The number of morpholine rings is 1. The molecule has 2 aromatic rings. The molecule has 0 saturated carbocycles. The van der Waals surface area contributed by atoms with E-state index in [1.54, 1.807) is 23.1 Å². The summed E-state index contributed by atoms with van der Waals surface area (Å²) in [5, 5.41) is 10.1. The Kier molecular flexibility index (Phi) is 7.14. The van der Waals surface area contributed by atoms with Gasteiger partial charge in [-0.1, -0.05) is 29.3 Å². The Bertz CT molecular complexity index is 1050. The van der Waals surface area contributed by atoms with Crippen LogP contribution in [0.2, 0.25) is 10.0 Å². The van der Waals surface area contributed by atoms with E-state index in [1.807, 2.05) is 26.8 Å². The highest BCUT2D eigenvalue weighted by atomic mass is 35.5. The summed E-state index contributed by atoms with van der Waals surface area (Å²) in [5.74, 6) is -0.121. The van der Waals surface area contributed by atoms with Crippen molar-refractivity contribution in [3.63, 3.8) is 0 Å². The van der Waals surface area contributed by atoms with Crippen molar-refractivity contribution in [2.45, 2.75) is 27.2 Å². The molecule has 0 spiro atoms. The van der Waals surface area contributed by atoms with Crippen molar-refractivity contribution in [3.8, 4) is 6.07 Å². The van der Waals surface area contributed by atoms with E-state index in [-0.39, 0.29) is 5.91 Å². The predicted octanol–water partition coefficient (Wildman–Crippen LogP) is 5.29. The van der Waals surface area contributed by atoms with Gasteiger partial charge in [0.2, 0.25) is 0 Å². The number of ether oxygens (including phenoxy) is 1. The second kappa shape index (κ2) is 9.61. The molecule has 0 radical (unpaired) electrons. The fourth-order valence-corrected chi connectivity index (χ4v) is 4.06. The highest BCUT2D eigenvalue weighted by molar-refractivity contribution is 6.38. The van der Waals surface area contributed by atoms with E-state index >= 15 is 0 Å². The Morgan fingerprint density at radius 2 is 1.90 bits per heavy atom. The number of carbonyl (C=O) groups excluding carboxylic acids is 1. The van der Waals surface area contributed by atoms with Crippen molar-refractivity contribution in [1.82, 2.24) is 4.90 Å². The van der Waals surface area contributed by atoms with E-state index in [1.165, 1.54) is 0 Å². The molecule has 0 atom stereocenters. The molecule has 3 rings (SSSR count). The first-order chi connectivity index (χ1) is 14.3. The molecule has 0 N–H and O–H groups in total. The lowest BCUT2D eigenvalue weighted by Crippen LogP contribution is -2.40. The number of amides is 1. The summed E-state index contributed by atoms with van der Waals surface area (Å²) < 4.78 is 5.32. The monoisotopic (exact) mass is 443 g/mol. The van der Waals surface area contributed by atoms with E-state index in [2.05, 4.69) is 6.07 Å². The van der Waals surface area contributed by atoms with Crippen LogP contribution in [0.3, 0.4) is 0 Å². The van der Waals surface area contributed by atoms with Crippen LogP contribution in [0, 0.1) is 25.2 Å². The third-order valence-electron chi connectivity index (χ3n) is 5.20. The highest BCUT2D eigenvalue weighted by Crippen LogP contribution is 2.31. The highest BCUT2D eigenvalue weighted by Gasteiger charge is 2.23. The first-order valence-electron chi connectivity index (χ1n) is 9.71. The Labute approximate surface area is 186 Å². The maximum Gasteiger partial charge on any atom is 0.255 e. The summed E-state index contributed by atoms with van der Waals surface area (Å²) in [7, 11) is 0. The molecule has 2 aromatic carbocycles. The van der Waals surface area contributed by atoms with Crippen LogP contribution in [0.25, 0.3) is 0 Å². The van der Waals surface area contributed by atoms with Crippen molar-refractivity contribution in [3.05, 3.63) is 62.1 Å². The number of rotatable bonds is 4. The Balaban J connectivity index is 1.92. The molecule has 1 fully saturated rings. The zero-order valence-corrected chi connectivity index (χ0v) is 18.8. The van der Waals surface area contributed by atoms with Crippen LogP contribution in [-0.4, -0.2) is 42.8 Å². The van der Waals surface area contributed by atoms with Gasteiger partial charge in [-0.15, -0.1) is 0 Å². The van der Waals surface area contributed by atoms with E-state index in [9.17, 15) is 10.1 Å². The van der Waals surface area contributed by atoms with Gasteiger partial charge >= 0.3 is 0 Å². The fraction of sp³-hybridized carbons (Fsp3) is 0.348. The number of carbonyl (C=O) groups is 1. The van der Waals surface area contributed by atoms with E-state index in [0.29, 0.717) is 59.5 Å². The van der Waals surface area contributed by atoms with Crippen molar-refractivity contribution < 1.29 is 9.53 Å². The van der Waals surface area contributed by atoms with Gasteiger partial charge in [-0.05, 0) is 55.7 Å². The zero-order chi connectivity index (χ0) is 21.8. The lowest BCUT2D eigenvalue weighted by molar-refractivity contribution is 0.0303. The first kappa shape index (κ1) is 22.3. The molecular formula is C23H23Cl2N3O2. The normalized spacial score (nSPS) is 14.5. The maximum absolute atomic E-state index is 12.9. The number of nitrogens with zero attached hydrogens (tertiary/aromatic N) is 3. The molecular weight excluding hydrogens is 421 g/mol. The number of nitriles is 1. The standard InChI is InChI=1S/C23H23Cl2N3O2/c1-14-4-5-17(13-26)16(3)22(14)27-15(2)12-19-20(24)7-6-18(21(19)25)23(29)28-8-10-30-11-9-28/h4-7H,8-12H2,1-3H3/b27-15+. The molecule has 0 aliphatic carbocycles. The van der Waals surface area contributed by atoms with Gasteiger partial charge in [0, 0.05) is 30.2 Å². The second-order valence-electron chi connectivity index (χ2n) is 7.33. The Hall–Kier alpha value is -2.39. The number of hydrogen-bond donors (Lipinski definition) is 0. The Morgan fingerprint density at radius 3 is 2.57 bits per heavy atom. The van der Waals surface area contributed by atoms with Crippen LogP contribution in [0.15, 0.2) is 29.3 Å². The van der Waals surface area contributed by atoms with Gasteiger partial charge < -0.3 is 9.64 Å². The molecule has 1 amide bonds. The topological polar surface area (TPSA) is 65.7 Å². The van der Waals surface area contributed by atoms with Crippen molar-refractivity contribution >= 4 is 40.5 Å². The third-order valence-corrected chi connectivity index (χ3v) is 5.99. The van der Waals surface area contributed by atoms with Crippen molar-refractivity contribution in [2.24, 2.45) is 4.99 Å². The minimum atomic E-state index is -0.121. The minimum Gasteiger partial charge on any atom is -0.378 e. The first-order valence-corrected chi connectivity index (χ1v) is 10.5. The Morgan fingerprint density at radius 1 is 1.20 bits per heavy atom. The second-order valence-corrected chi connectivity index (χ2v) is 8.12. The van der Waals surface area contributed by atoms with Crippen molar-refractivity contribution in [1.29, 1.82) is 5.26 Å². The average molecular weight is 444 g/mol. The van der Waals surface area contributed by atoms with Gasteiger partial charge in [0.25, 0.3) is 5.91 Å². The van der Waals surface area contributed by atoms with E-state index < -0.39 is 0 Å². The van der Waals surface area contributed by atoms with Gasteiger partial charge in [-0.3, -0.25) is 9.79 Å². The smallest absolute Gasteiger partial charge is 0.255 e. The fourth-order valence-electron chi connectivity index (χ4n) is 3.48. The van der Waals surface area contributed by atoms with Gasteiger partial charge in [-0.25, -0.2) is 0 Å². The predicted molar refractivity (Wildman–Crippen MR) is 120 cm³/mol. The summed E-state index contributed by atoms with van der Waals surface area (Å²) in [5.41, 5.74) is 5.09. The third kappa shape index (κ3) is 4.67. The summed E-state index contributed by atoms with van der Waals surface area (Å²) >= 11 is 13.0. The van der Waals surface area contributed by atoms with Gasteiger partial charge in [-0.2, -0.15) is 5.26 Å². The molecule has 5 nitrogen and oxygen atoms in total. The van der Waals surface area contributed by atoms with Crippen LogP contribution in [-0.2, 0) is 11.2 Å². The molecule has 156 valence electrons. The molecule has 7 heteroatoms. The summed E-state index contributed by atoms with van der Waals surface area (Å²) in [6, 6.07) is 9.25. The molecule has 1 saturated heterocycles. The number of halogens is 2. The molecule has 1 heterocycles. The molecule has 1 aliphatic rings. The SMILES string of the molecule is C/C(Cc1c(Cl)ccc(C(=O)N2CCOCC2)c1Cl)=N\c1c(C)ccc(C#N)c1C. The summed E-state index contributed by atoms with van der Waals surface area (Å²) in [4.78, 5) is 19.4. The average Bonchev–Trinajstić information content (AvgIpc) is 2.74. The van der Waals surface area contributed by atoms with E-state index in [4.69, 9.17) is 32.9 Å². The van der Waals surface area contributed by atoms with Gasteiger partial charge in [0.15, 0.2) is 0 Å². The van der Waals surface area contributed by atoms with Gasteiger partial charge in [0.05, 0.1) is 41.1 Å². The molecule has 0 bridgehead atoms. The summed E-state index contributed by atoms with van der Waals surface area (Å²) in [6.07, 6.45) is 0.400. The van der Waals surface area contributed by atoms with Crippen molar-refractivity contribution in [2.75, 3.05) is 26.3 Å². The number of benzene rings is 2. The molecule has 0 aromatic heterocycles. The van der Waals surface area contributed by atoms with Gasteiger partial charge in [0.1, 0.15) is 0 Å². The van der Waals surface area contributed by atoms with Crippen LogP contribution in [0.1, 0.15) is 39.5 Å². The lowest BCUT2D eigenvalue weighted by Gasteiger charge is -2.27. The number of aliphatic imine (C=N–C) groups is 1. The molecule has 0 unspecified atom stereocenters. The van der Waals surface area contributed by atoms with E-state index in [0.717, 1.165) is 22.5 Å². The largest absolute Gasteiger partial charge is 0.378 e. The van der Waals surface area contributed by atoms with Crippen LogP contribution in [0.4, 0.5) is 5.69 Å². The van der Waals surface area contributed by atoms with Crippen LogP contribution >= 0.6 is 23.2 Å². The quantitative estimate of drug-likeness (QED) is 0.602. The maximum atomic E-state index is 12.9. The zero-order valence-electron chi connectivity index (χ0n) is 17.3. The molecule has 1 aliphatic heterocycles. The number of aryl methyl sites for hydroxylation is 1. The van der Waals surface area contributed by atoms with Crippen LogP contribution < -0.4 is 0 Å². The molecule has 30 heavy (non-hydrogen) atoms. The summed E-state index contributed by atoms with van der Waals surface area (Å²) in [6.45, 7) is 7.87. The number of hydrogen-bond acceptors (Lipinski definition) is 4. The van der Waals surface area contributed by atoms with Crippen LogP contribution in [0.5, 0.6) is 0 Å².